The van der Waals surface area contributed by atoms with Gasteiger partial charge in [0, 0.05) is 13.7 Å². The summed E-state index contributed by atoms with van der Waals surface area (Å²) in [5, 5.41) is 18.2. The minimum atomic E-state index is -1.73. The summed E-state index contributed by atoms with van der Waals surface area (Å²) in [5.74, 6) is -0.531. The molecular weight excluding hydrogens is 317 g/mol. The van der Waals surface area contributed by atoms with Gasteiger partial charge in [-0.2, -0.15) is 0 Å². The Morgan fingerprint density at radius 3 is 2.71 bits per heavy atom. The van der Waals surface area contributed by atoms with E-state index in [4.69, 9.17) is 10.0 Å². The first-order chi connectivity index (χ1) is 6.59. The van der Waals surface area contributed by atoms with Gasteiger partial charge in [-0.25, -0.2) is 4.39 Å². The van der Waals surface area contributed by atoms with Gasteiger partial charge in [-0.15, -0.1) is 11.3 Å². The topological polar surface area (TPSA) is 40.5 Å². The largest absolute Gasteiger partial charge is 0.502 e. The zero-order valence-electron chi connectivity index (χ0n) is 6.87. The molecule has 0 atom stereocenters. The Morgan fingerprint density at radius 1 is 1.36 bits per heavy atom. The molecule has 0 fully saturated rings. The molecule has 0 unspecified atom stereocenters. The van der Waals surface area contributed by atoms with Crippen LogP contribution in [0.15, 0.2) is 18.2 Å². The van der Waals surface area contributed by atoms with E-state index in [1.54, 1.807) is 12.1 Å². The molecule has 1 aromatic carbocycles. The predicted molar refractivity (Wildman–Crippen MR) is 64.3 cm³/mol. The molecule has 0 radical (unpaired) electrons. The van der Waals surface area contributed by atoms with Gasteiger partial charge in [-0.3, -0.25) is 0 Å². The first-order valence-electron chi connectivity index (χ1n) is 3.83. The van der Waals surface area contributed by atoms with E-state index in [-0.39, 0.29) is 4.78 Å². The van der Waals surface area contributed by atoms with E-state index in [0.717, 1.165) is 19.6 Å². The van der Waals surface area contributed by atoms with E-state index in [1.807, 2.05) is 6.07 Å². The predicted octanol–water partition coefficient (Wildman–Crippen LogP) is 1.32. The highest BCUT2D eigenvalue weighted by Crippen LogP contribution is 2.24. The molecule has 0 aliphatic carbocycles. The van der Waals surface area contributed by atoms with Crippen LogP contribution in [0.3, 0.4) is 0 Å². The number of thiophene rings is 1. The molecule has 1 heterocycles. The van der Waals surface area contributed by atoms with E-state index in [1.165, 1.54) is 0 Å². The number of benzene rings is 1. The van der Waals surface area contributed by atoms with Crippen molar-refractivity contribution in [2.45, 2.75) is 0 Å². The number of fused-ring (bicyclic) bond motifs is 1. The van der Waals surface area contributed by atoms with Gasteiger partial charge in [0.25, 0.3) is 0 Å². The fourth-order valence-electron chi connectivity index (χ4n) is 1.22. The molecule has 0 saturated heterocycles. The first-order valence-corrected chi connectivity index (χ1v) is 5.72. The molecule has 0 amide bonds. The Kier molecular flexibility index (Phi) is 2.78. The fraction of sp³-hybridized carbons (Fsp3) is 0. The van der Waals surface area contributed by atoms with Gasteiger partial charge >= 0.3 is 7.12 Å². The van der Waals surface area contributed by atoms with Crippen molar-refractivity contribution in [2.24, 2.45) is 0 Å². The summed E-state index contributed by atoms with van der Waals surface area (Å²) < 4.78 is 15.2. The van der Waals surface area contributed by atoms with E-state index < -0.39 is 12.9 Å². The molecule has 14 heavy (non-hydrogen) atoms. The number of hydrogen-bond donors (Lipinski definition) is 2. The number of rotatable bonds is 1. The zero-order valence-corrected chi connectivity index (χ0v) is 9.84. The smallest absolute Gasteiger partial charge is 0.423 e. The van der Waals surface area contributed by atoms with Gasteiger partial charge < -0.3 is 10.0 Å². The van der Waals surface area contributed by atoms with Crippen molar-refractivity contribution in [1.29, 1.82) is 0 Å². The third kappa shape index (κ3) is 1.67. The lowest BCUT2D eigenvalue weighted by Gasteiger charge is -1.91. The maximum Gasteiger partial charge on any atom is 0.502 e. The van der Waals surface area contributed by atoms with Crippen LogP contribution in [0.25, 0.3) is 10.1 Å². The van der Waals surface area contributed by atoms with Crippen LogP contribution in [0.5, 0.6) is 0 Å². The van der Waals surface area contributed by atoms with Crippen LogP contribution < -0.4 is 4.78 Å². The van der Waals surface area contributed by atoms with Gasteiger partial charge in [0.15, 0.2) is 0 Å². The van der Waals surface area contributed by atoms with Crippen molar-refractivity contribution in [3.05, 3.63) is 27.6 Å². The number of halogens is 2. The van der Waals surface area contributed by atoms with Crippen LogP contribution in [0.4, 0.5) is 4.39 Å². The van der Waals surface area contributed by atoms with Gasteiger partial charge in [0.2, 0.25) is 0 Å². The van der Waals surface area contributed by atoms with Gasteiger partial charge in [0.1, 0.15) is 5.82 Å². The Morgan fingerprint density at radius 2 is 2.07 bits per heavy atom. The number of hydrogen-bond acceptors (Lipinski definition) is 3. The van der Waals surface area contributed by atoms with E-state index in [0.29, 0.717) is 5.39 Å². The molecule has 2 N–H and O–H groups in total. The molecule has 6 heteroatoms. The lowest BCUT2D eigenvalue weighted by atomic mass is 9.89. The molecular formula is C8H5BFIO2S. The summed E-state index contributed by atoms with van der Waals surface area (Å²) in [5.41, 5.74) is 0. The maximum absolute atomic E-state index is 13.5. The molecule has 0 saturated carbocycles. The summed E-state index contributed by atoms with van der Waals surface area (Å²) in [6.07, 6.45) is 0. The van der Waals surface area contributed by atoms with Crippen LogP contribution in [0.2, 0.25) is 0 Å². The molecule has 0 bridgehead atoms. The molecule has 2 nitrogen and oxygen atoms in total. The van der Waals surface area contributed by atoms with Gasteiger partial charge in [-0.05, 0) is 40.8 Å². The molecule has 1 aromatic heterocycles. The van der Waals surface area contributed by atoms with Gasteiger partial charge in [0.05, 0.1) is 4.78 Å². The molecule has 2 rings (SSSR count). The third-order valence-corrected chi connectivity index (χ3v) is 3.69. The van der Waals surface area contributed by atoms with Crippen LogP contribution in [0.1, 0.15) is 0 Å². The minimum absolute atomic E-state index is 0.0259. The highest BCUT2D eigenvalue weighted by atomic mass is 127. The van der Waals surface area contributed by atoms with Crippen molar-refractivity contribution in [3.63, 3.8) is 0 Å². The normalized spacial score (nSPS) is 10.9. The second-order valence-electron chi connectivity index (χ2n) is 2.79. The highest BCUT2D eigenvalue weighted by Gasteiger charge is 2.21. The Balaban J connectivity index is 2.73. The summed E-state index contributed by atoms with van der Waals surface area (Å²) in [7, 11) is -1.73. The standard InChI is InChI=1S/C8H5BFIO2S/c10-7-5-2-1-4(11)3-6(5)14-8(7)9(12)13/h1-3,12-13H. The summed E-state index contributed by atoms with van der Waals surface area (Å²) in [4.78, 5) is 0. The molecule has 2 aromatic rings. The Hall–Kier alpha value is -0.175. The minimum Gasteiger partial charge on any atom is -0.423 e. The van der Waals surface area contributed by atoms with Crippen LogP contribution >= 0.6 is 33.9 Å². The second kappa shape index (κ2) is 3.76. The third-order valence-electron chi connectivity index (χ3n) is 1.85. The summed E-state index contributed by atoms with van der Waals surface area (Å²) in [6.45, 7) is 0. The monoisotopic (exact) mass is 322 g/mol. The SMILES string of the molecule is OB(O)c1sc2cc(I)ccc2c1F. The summed E-state index contributed by atoms with van der Waals surface area (Å²) >= 11 is 3.19. The molecule has 0 spiro atoms. The van der Waals surface area contributed by atoms with Crippen molar-refractivity contribution in [3.8, 4) is 0 Å². The lowest BCUT2D eigenvalue weighted by molar-refractivity contribution is 0.424. The van der Waals surface area contributed by atoms with E-state index in [2.05, 4.69) is 22.6 Å². The summed E-state index contributed by atoms with van der Waals surface area (Å²) in [6, 6.07) is 5.25. The second-order valence-corrected chi connectivity index (χ2v) is 5.12. The van der Waals surface area contributed by atoms with Crippen LogP contribution in [-0.4, -0.2) is 17.2 Å². The zero-order chi connectivity index (χ0) is 10.3. The van der Waals surface area contributed by atoms with Gasteiger partial charge in [-0.1, -0.05) is 0 Å². The van der Waals surface area contributed by atoms with E-state index in [9.17, 15) is 4.39 Å². The van der Waals surface area contributed by atoms with Crippen molar-refractivity contribution < 1.29 is 14.4 Å². The van der Waals surface area contributed by atoms with Crippen LogP contribution in [0, 0.1) is 9.39 Å². The fourth-order valence-corrected chi connectivity index (χ4v) is 2.92. The maximum atomic E-state index is 13.5. The van der Waals surface area contributed by atoms with Crippen molar-refractivity contribution >= 4 is 55.9 Å². The Bertz CT molecular complexity index is 485. The molecule has 0 aliphatic heterocycles. The van der Waals surface area contributed by atoms with Crippen LogP contribution in [-0.2, 0) is 0 Å². The van der Waals surface area contributed by atoms with E-state index >= 15 is 0 Å². The first kappa shape index (κ1) is 10.3. The van der Waals surface area contributed by atoms with Crippen molar-refractivity contribution in [1.82, 2.24) is 0 Å². The molecule has 72 valence electrons. The Labute approximate surface area is 97.7 Å². The van der Waals surface area contributed by atoms with Crippen molar-refractivity contribution in [2.75, 3.05) is 0 Å². The lowest BCUT2D eigenvalue weighted by Crippen LogP contribution is -2.29. The average Bonchev–Trinajstić information content (AvgIpc) is 2.43. The highest BCUT2D eigenvalue weighted by molar-refractivity contribution is 14.1. The average molecular weight is 322 g/mol. The quantitative estimate of drug-likeness (QED) is 0.614. The molecule has 0 aliphatic rings.